The third kappa shape index (κ3) is 14.8. The molecule has 2 saturated heterocycles. The van der Waals surface area contributed by atoms with E-state index in [1.165, 1.54) is 0 Å². The van der Waals surface area contributed by atoms with Gasteiger partial charge in [0.15, 0.2) is 12.6 Å². The van der Waals surface area contributed by atoms with Crippen LogP contribution >= 0.6 is 0 Å². The van der Waals surface area contributed by atoms with Crippen LogP contribution < -0.4 is 0 Å². The number of hydrogen-bond donors (Lipinski definition) is 1. The lowest BCUT2D eigenvalue weighted by Gasteiger charge is -2.45. The predicted molar refractivity (Wildman–Crippen MR) is 272 cm³/mol. The summed E-state index contributed by atoms with van der Waals surface area (Å²) in [5.74, 6) is 0. The van der Waals surface area contributed by atoms with Crippen molar-refractivity contribution in [1.82, 2.24) is 0 Å². The summed E-state index contributed by atoms with van der Waals surface area (Å²) in [5.41, 5.74) is 6.79. The van der Waals surface area contributed by atoms with Gasteiger partial charge in [0.05, 0.1) is 59.5 Å². The Morgan fingerprint density at radius 1 is 0.361 bits per heavy atom. The van der Waals surface area contributed by atoms with Crippen molar-refractivity contribution >= 4 is 0 Å². The molecule has 1 N–H and O–H groups in total. The van der Waals surface area contributed by atoms with E-state index in [1.807, 2.05) is 212 Å². The van der Waals surface area contributed by atoms with Gasteiger partial charge in [-0.15, -0.1) is 0 Å². The third-order valence-corrected chi connectivity index (χ3v) is 12.7. The van der Waals surface area contributed by atoms with Crippen LogP contribution in [0.25, 0.3) is 0 Å². The summed E-state index contributed by atoms with van der Waals surface area (Å²) in [4.78, 5) is 0. The van der Waals surface area contributed by atoms with Gasteiger partial charge in [-0.1, -0.05) is 212 Å². The van der Waals surface area contributed by atoms with Crippen LogP contribution in [0.4, 0.5) is 0 Å². The van der Waals surface area contributed by atoms with Gasteiger partial charge in [-0.3, -0.25) is 0 Å². The molecule has 0 unspecified atom stereocenters. The Kier molecular flexibility index (Phi) is 19.3. The number of ether oxygens (including phenoxy) is 10. The first-order valence-electron chi connectivity index (χ1n) is 24.8. The highest BCUT2D eigenvalue weighted by molar-refractivity contribution is 5.19. The maximum absolute atomic E-state index is 12.0. The first-order chi connectivity index (χ1) is 35.6. The molecule has 0 saturated carbocycles. The van der Waals surface area contributed by atoms with Gasteiger partial charge < -0.3 is 52.5 Å². The molecule has 9 rings (SSSR count). The Balaban J connectivity index is 1.08. The van der Waals surface area contributed by atoms with Crippen LogP contribution in [0.3, 0.4) is 0 Å². The molecule has 7 aromatic rings. The monoisotopic (exact) mass is 972 g/mol. The highest BCUT2D eigenvalue weighted by atomic mass is 16.8. The highest BCUT2D eigenvalue weighted by Gasteiger charge is 2.55. The van der Waals surface area contributed by atoms with Gasteiger partial charge in [0.25, 0.3) is 0 Å². The molecule has 72 heavy (non-hydrogen) atoms. The smallest absolute Gasteiger partial charge is 0.187 e. The molecule has 2 aliphatic heterocycles. The molecule has 2 heterocycles. The average molecular weight is 973 g/mol. The average Bonchev–Trinajstić information content (AvgIpc) is 3.78. The number of hydrogen-bond acceptors (Lipinski definition) is 11. The molecule has 0 spiro atoms. The standard InChI is InChI=1S/C61H64O11/c62-60-58(68-41-50-32-18-6-19-33-50)56(66-39-48-28-14-4-15-29-48)55(53(70-60)44-64-37-46-24-10-2-11-25-46)72-61-59(69-42-51-34-20-7-21-35-51)57(67-40-49-30-16-5-17-31-49)54(71-61)52(65-38-47-26-12-3-13-27-47)43-63-36-45-22-8-1-9-23-45/h1-35,52-62H,36-44H2/t52-,53-,54-,55-,56+,57+,58-,59-,60+,61+/m1/s1. The maximum atomic E-state index is 12.0. The largest absolute Gasteiger partial charge is 0.374 e. The molecule has 0 amide bonds. The Hall–Kier alpha value is -5.90. The molecule has 2 aliphatic rings. The number of aliphatic hydroxyl groups is 1. The summed E-state index contributed by atoms with van der Waals surface area (Å²) < 4.78 is 68.3. The van der Waals surface area contributed by atoms with E-state index in [4.69, 9.17) is 47.4 Å². The fraction of sp³-hybridized carbons (Fsp3) is 0.311. The molecule has 7 aromatic carbocycles. The van der Waals surface area contributed by atoms with Crippen LogP contribution in [-0.2, 0) is 93.6 Å². The zero-order valence-electron chi connectivity index (χ0n) is 40.4. The van der Waals surface area contributed by atoms with E-state index >= 15 is 0 Å². The van der Waals surface area contributed by atoms with Gasteiger partial charge in [0, 0.05) is 0 Å². The fourth-order valence-corrected chi connectivity index (χ4v) is 8.96. The predicted octanol–water partition coefficient (Wildman–Crippen LogP) is 10.2. The molecule has 0 radical (unpaired) electrons. The number of aliphatic hydroxyl groups excluding tert-OH is 1. The van der Waals surface area contributed by atoms with Crippen molar-refractivity contribution in [2.24, 2.45) is 0 Å². The SMILES string of the molecule is O[C@H]1O[C@H](COCc2ccccc2)[C@@H](O[C@@H]2O[C@H]([C@@H](COCc3ccccc3)OCc3ccccc3)[C@H](OCc3ccccc3)[C@H]2OCc2ccccc2)[C@H](OCc2ccccc2)[C@H]1OCc1ccccc1. The summed E-state index contributed by atoms with van der Waals surface area (Å²) in [6.07, 6.45) is -9.18. The van der Waals surface area contributed by atoms with E-state index < -0.39 is 61.4 Å². The molecule has 11 heteroatoms. The Bertz CT molecular complexity index is 2550. The van der Waals surface area contributed by atoms with Gasteiger partial charge in [-0.25, -0.2) is 0 Å². The lowest BCUT2D eigenvalue weighted by molar-refractivity contribution is -0.339. The highest BCUT2D eigenvalue weighted by Crippen LogP contribution is 2.37. The van der Waals surface area contributed by atoms with Crippen LogP contribution in [0, 0.1) is 0 Å². The van der Waals surface area contributed by atoms with E-state index in [0.29, 0.717) is 13.2 Å². The fourth-order valence-electron chi connectivity index (χ4n) is 8.96. The van der Waals surface area contributed by atoms with E-state index in [0.717, 1.165) is 38.9 Å². The van der Waals surface area contributed by atoms with Crippen molar-refractivity contribution in [3.05, 3.63) is 251 Å². The molecule has 0 aromatic heterocycles. The Morgan fingerprint density at radius 3 is 1.17 bits per heavy atom. The summed E-state index contributed by atoms with van der Waals surface area (Å²) >= 11 is 0. The first kappa shape index (κ1) is 51.0. The summed E-state index contributed by atoms with van der Waals surface area (Å²) in [5, 5.41) is 12.0. The van der Waals surface area contributed by atoms with E-state index in [-0.39, 0.29) is 46.2 Å². The summed E-state index contributed by atoms with van der Waals surface area (Å²) in [6.45, 7) is 2.03. The second-order valence-electron chi connectivity index (χ2n) is 18.0. The molecular weight excluding hydrogens is 909 g/mol. The van der Waals surface area contributed by atoms with Crippen molar-refractivity contribution in [2.45, 2.75) is 108 Å². The van der Waals surface area contributed by atoms with Crippen molar-refractivity contribution in [3.63, 3.8) is 0 Å². The minimum atomic E-state index is -1.40. The second-order valence-corrected chi connectivity index (χ2v) is 18.0. The lowest BCUT2D eigenvalue weighted by atomic mass is 9.97. The van der Waals surface area contributed by atoms with E-state index in [1.54, 1.807) is 0 Å². The van der Waals surface area contributed by atoms with Crippen LogP contribution in [0.1, 0.15) is 38.9 Å². The van der Waals surface area contributed by atoms with Crippen molar-refractivity contribution in [1.29, 1.82) is 0 Å². The lowest BCUT2D eigenvalue weighted by Crippen LogP contribution is -2.62. The van der Waals surface area contributed by atoms with Gasteiger partial charge in [0.1, 0.15) is 48.8 Å². The topological polar surface area (TPSA) is 113 Å². The second kappa shape index (κ2) is 27.2. The first-order valence-corrected chi connectivity index (χ1v) is 24.8. The van der Waals surface area contributed by atoms with Crippen molar-refractivity contribution < 1.29 is 52.5 Å². The molecule has 374 valence electrons. The van der Waals surface area contributed by atoms with E-state index in [9.17, 15) is 5.11 Å². The maximum Gasteiger partial charge on any atom is 0.187 e. The van der Waals surface area contributed by atoms with Crippen LogP contribution in [0.15, 0.2) is 212 Å². The van der Waals surface area contributed by atoms with Crippen LogP contribution in [-0.4, -0.2) is 79.7 Å². The molecule has 10 atom stereocenters. The third-order valence-electron chi connectivity index (χ3n) is 12.7. The van der Waals surface area contributed by atoms with E-state index in [2.05, 4.69) is 0 Å². The quantitative estimate of drug-likeness (QED) is 0.0560. The number of benzene rings is 7. The zero-order chi connectivity index (χ0) is 49.0. The van der Waals surface area contributed by atoms with Crippen molar-refractivity contribution in [3.8, 4) is 0 Å². The minimum absolute atomic E-state index is 0.0446. The normalized spacial score (nSPS) is 23.4. The summed E-state index contributed by atoms with van der Waals surface area (Å²) in [6, 6.07) is 69.6. The zero-order valence-corrected chi connectivity index (χ0v) is 40.4. The van der Waals surface area contributed by atoms with Gasteiger partial charge in [-0.05, 0) is 38.9 Å². The van der Waals surface area contributed by atoms with Crippen LogP contribution in [0.5, 0.6) is 0 Å². The molecular formula is C61H64O11. The minimum Gasteiger partial charge on any atom is -0.374 e. The summed E-state index contributed by atoms with van der Waals surface area (Å²) in [7, 11) is 0. The molecule has 2 fully saturated rings. The van der Waals surface area contributed by atoms with Gasteiger partial charge >= 0.3 is 0 Å². The molecule has 0 bridgehead atoms. The van der Waals surface area contributed by atoms with Gasteiger partial charge in [0.2, 0.25) is 0 Å². The van der Waals surface area contributed by atoms with Crippen molar-refractivity contribution in [2.75, 3.05) is 13.2 Å². The Morgan fingerprint density at radius 2 is 0.722 bits per heavy atom. The molecule has 0 aliphatic carbocycles. The Labute approximate surface area is 423 Å². The molecule has 11 nitrogen and oxygen atoms in total. The van der Waals surface area contributed by atoms with Crippen LogP contribution in [0.2, 0.25) is 0 Å². The number of rotatable bonds is 26. The van der Waals surface area contributed by atoms with Gasteiger partial charge in [-0.2, -0.15) is 0 Å².